The highest BCUT2D eigenvalue weighted by atomic mass is 32.2. The summed E-state index contributed by atoms with van der Waals surface area (Å²) in [5.74, 6) is 0.0516. The minimum atomic E-state index is -3.63. The number of likely N-dealkylation sites (tertiary alicyclic amines) is 1. The lowest BCUT2D eigenvalue weighted by atomic mass is 9.89. The van der Waals surface area contributed by atoms with Crippen molar-refractivity contribution in [1.82, 2.24) is 9.62 Å². The molecule has 0 aromatic heterocycles. The normalized spacial score (nSPS) is 23.8. The van der Waals surface area contributed by atoms with Gasteiger partial charge in [0.2, 0.25) is 10.0 Å². The van der Waals surface area contributed by atoms with Crippen LogP contribution in [0.1, 0.15) is 54.4 Å². The van der Waals surface area contributed by atoms with Gasteiger partial charge < -0.3 is 19.7 Å². The van der Waals surface area contributed by atoms with Crippen LogP contribution in [0.4, 0.5) is 0 Å². The molecule has 46 heavy (non-hydrogen) atoms. The Balaban J connectivity index is 1.24. The molecule has 242 valence electrons. The van der Waals surface area contributed by atoms with Crippen molar-refractivity contribution in [2.24, 2.45) is 5.92 Å². The highest BCUT2D eigenvalue weighted by Crippen LogP contribution is 2.43. The van der Waals surface area contributed by atoms with Crippen molar-refractivity contribution in [3.63, 3.8) is 0 Å². The second kappa shape index (κ2) is 14.6. The SMILES string of the molecule is CC1C(CN2CCCC2CO)OC(c2cccc(-c3cccc(CNS(=O)(=O)c4ccccc4)c3)c2)OC1c1ccc(CO)cc1. The molecule has 0 aliphatic carbocycles. The van der Waals surface area contributed by atoms with E-state index in [0.29, 0.717) is 6.54 Å². The number of rotatable bonds is 11. The van der Waals surface area contributed by atoms with Crippen molar-refractivity contribution in [3.8, 4) is 11.1 Å². The number of nitrogens with zero attached hydrogens (tertiary/aromatic N) is 1. The van der Waals surface area contributed by atoms with Gasteiger partial charge in [-0.1, -0.05) is 85.8 Å². The first kappa shape index (κ1) is 32.5. The standard InChI is InChI=1S/C37H42N2O6S/c1-26-35(23-39-19-7-12-33(39)25-41)44-37(45-36(26)29-17-15-27(24-40)16-18-29)32-11-6-10-31(21-32)30-9-5-8-28(20-30)22-38-46(42,43)34-13-3-2-4-14-34/h2-6,8-11,13-18,20-21,26,33,35-38,40-41H,7,12,19,22-25H2,1H3. The molecule has 4 aromatic rings. The van der Waals surface area contributed by atoms with Gasteiger partial charge in [0.25, 0.3) is 0 Å². The summed E-state index contributed by atoms with van der Waals surface area (Å²) in [5.41, 5.74) is 5.54. The number of sulfonamides is 1. The summed E-state index contributed by atoms with van der Waals surface area (Å²) in [5, 5.41) is 19.5. The van der Waals surface area contributed by atoms with E-state index in [4.69, 9.17) is 9.47 Å². The molecule has 3 N–H and O–H groups in total. The summed E-state index contributed by atoms with van der Waals surface area (Å²) in [6.07, 6.45) is 1.08. The molecular formula is C37H42N2O6S. The fourth-order valence-corrected chi connectivity index (χ4v) is 7.53. The summed E-state index contributed by atoms with van der Waals surface area (Å²) >= 11 is 0. The fraction of sp³-hybridized carbons (Fsp3) is 0.351. The molecule has 9 heteroatoms. The van der Waals surface area contributed by atoms with Gasteiger partial charge in [-0.2, -0.15) is 0 Å². The highest BCUT2D eigenvalue weighted by Gasteiger charge is 2.40. The van der Waals surface area contributed by atoms with Crippen LogP contribution in [0.2, 0.25) is 0 Å². The van der Waals surface area contributed by atoms with Crippen LogP contribution < -0.4 is 4.72 Å². The molecule has 2 saturated heterocycles. The van der Waals surface area contributed by atoms with E-state index in [-0.39, 0.29) is 48.8 Å². The van der Waals surface area contributed by atoms with Crippen LogP contribution in [0.5, 0.6) is 0 Å². The summed E-state index contributed by atoms with van der Waals surface area (Å²) in [7, 11) is -3.63. The molecule has 4 aromatic carbocycles. The molecule has 5 unspecified atom stereocenters. The molecule has 2 fully saturated rings. The van der Waals surface area contributed by atoms with Crippen molar-refractivity contribution < 1.29 is 28.1 Å². The molecule has 2 aliphatic heterocycles. The Morgan fingerprint density at radius 3 is 2.30 bits per heavy atom. The van der Waals surface area contributed by atoms with Crippen molar-refractivity contribution >= 4 is 10.0 Å². The summed E-state index contributed by atoms with van der Waals surface area (Å²) in [4.78, 5) is 2.57. The number of benzene rings is 4. The molecule has 0 radical (unpaired) electrons. The summed E-state index contributed by atoms with van der Waals surface area (Å²) in [6, 6.07) is 32.4. The van der Waals surface area contributed by atoms with Gasteiger partial charge in [-0.15, -0.1) is 0 Å². The first-order valence-electron chi connectivity index (χ1n) is 15.9. The maximum absolute atomic E-state index is 12.8. The largest absolute Gasteiger partial charge is 0.395 e. The van der Waals surface area contributed by atoms with E-state index >= 15 is 0 Å². The van der Waals surface area contributed by atoms with E-state index in [9.17, 15) is 18.6 Å². The molecular weight excluding hydrogens is 600 g/mol. The Labute approximate surface area is 271 Å². The van der Waals surface area contributed by atoms with E-state index in [1.807, 2.05) is 66.7 Å². The molecule has 0 bridgehead atoms. The Morgan fingerprint density at radius 2 is 1.57 bits per heavy atom. The first-order chi connectivity index (χ1) is 22.3. The van der Waals surface area contributed by atoms with Gasteiger partial charge in [-0.25, -0.2) is 13.1 Å². The number of aliphatic hydroxyl groups is 2. The predicted octanol–water partition coefficient (Wildman–Crippen LogP) is 5.57. The summed E-state index contributed by atoms with van der Waals surface area (Å²) < 4.78 is 41.6. The molecule has 0 spiro atoms. The van der Waals surface area contributed by atoms with Gasteiger partial charge in [0.15, 0.2) is 6.29 Å². The molecule has 6 rings (SSSR count). The third-order valence-electron chi connectivity index (χ3n) is 9.19. The van der Waals surface area contributed by atoms with E-state index < -0.39 is 16.3 Å². The Hall–Kier alpha value is -3.41. The Kier molecular flexibility index (Phi) is 10.3. The van der Waals surface area contributed by atoms with E-state index in [0.717, 1.165) is 52.8 Å². The molecule has 0 saturated carbocycles. The molecule has 5 atom stereocenters. The van der Waals surface area contributed by atoms with Crippen LogP contribution in [0.25, 0.3) is 11.1 Å². The van der Waals surface area contributed by atoms with Crippen LogP contribution in [-0.4, -0.2) is 55.4 Å². The third kappa shape index (κ3) is 7.42. The average Bonchev–Trinajstić information content (AvgIpc) is 3.56. The highest BCUT2D eigenvalue weighted by molar-refractivity contribution is 7.89. The second-order valence-electron chi connectivity index (χ2n) is 12.3. The van der Waals surface area contributed by atoms with Crippen molar-refractivity contribution in [3.05, 3.63) is 125 Å². The second-order valence-corrected chi connectivity index (χ2v) is 14.0. The smallest absolute Gasteiger partial charge is 0.240 e. The van der Waals surface area contributed by atoms with E-state index in [1.54, 1.807) is 30.3 Å². The third-order valence-corrected chi connectivity index (χ3v) is 10.6. The quantitative estimate of drug-likeness (QED) is 0.196. The van der Waals surface area contributed by atoms with Crippen LogP contribution >= 0.6 is 0 Å². The number of ether oxygens (including phenoxy) is 2. The van der Waals surface area contributed by atoms with Crippen LogP contribution in [0, 0.1) is 5.92 Å². The van der Waals surface area contributed by atoms with Gasteiger partial charge in [0, 0.05) is 30.6 Å². The molecule has 2 heterocycles. The minimum Gasteiger partial charge on any atom is -0.395 e. The van der Waals surface area contributed by atoms with Crippen LogP contribution in [-0.2, 0) is 32.6 Å². The minimum absolute atomic E-state index is 0.0138. The van der Waals surface area contributed by atoms with Crippen molar-refractivity contribution in [2.75, 3.05) is 19.7 Å². The van der Waals surface area contributed by atoms with Crippen molar-refractivity contribution in [2.45, 2.75) is 62.4 Å². The van der Waals surface area contributed by atoms with E-state index in [1.165, 1.54) is 0 Å². The number of aliphatic hydroxyl groups excluding tert-OH is 2. The Morgan fingerprint density at radius 1 is 0.826 bits per heavy atom. The zero-order valence-corrected chi connectivity index (χ0v) is 26.9. The maximum Gasteiger partial charge on any atom is 0.240 e. The number of hydrogen-bond acceptors (Lipinski definition) is 7. The number of hydrogen-bond donors (Lipinski definition) is 3. The van der Waals surface area contributed by atoms with Gasteiger partial charge >= 0.3 is 0 Å². The number of nitrogens with one attached hydrogen (secondary N) is 1. The average molecular weight is 643 g/mol. The van der Waals surface area contributed by atoms with Gasteiger partial charge in [-0.3, -0.25) is 4.90 Å². The predicted molar refractivity (Wildman–Crippen MR) is 177 cm³/mol. The van der Waals surface area contributed by atoms with E-state index in [2.05, 4.69) is 22.6 Å². The fourth-order valence-electron chi connectivity index (χ4n) is 6.49. The molecule has 8 nitrogen and oxygen atoms in total. The first-order valence-corrected chi connectivity index (χ1v) is 17.4. The Bertz CT molecular complexity index is 1700. The lowest BCUT2D eigenvalue weighted by molar-refractivity contribution is -0.276. The molecule has 2 aliphatic rings. The van der Waals surface area contributed by atoms with Crippen molar-refractivity contribution in [1.29, 1.82) is 0 Å². The zero-order chi connectivity index (χ0) is 32.1. The lowest BCUT2D eigenvalue weighted by Gasteiger charge is -2.43. The monoisotopic (exact) mass is 642 g/mol. The van der Waals surface area contributed by atoms with Gasteiger partial charge in [-0.05, 0) is 71.5 Å². The molecule has 0 amide bonds. The maximum atomic E-state index is 12.8. The topological polar surface area (TPSA) is 108 Å². The van der Waals surface area contributed by atoms with Gasteiger partial charge in [0.1, 0.15) is 0 Å². The lowest BCUT2D eigenvalue weighted by Crippen LogP contribution is -2.46. The van der Waals surface area contributed by atoms with Gasteiger partial charge in [0.05, 0.1) is 30.3 Å². The summed E-state index contributed by atoms with van der Waals surface area (Å²) in [6.45, 7) is 4.09. The van der Waals surface area contributed by atoms with Crippen LogP contribution in [0.3, 0.4) is 0 Å². The van der Waals surface area contributed by atoms with Crippen LogP contribution in [0.15, 0.2) is 108 Å². The zero-order valence-electron chi connectivity index (χ0n) is 26.0.